The summed E-state index contributed by atoms with van der Waals surface area (Å²) in [5.41, 5.74) is 3.26. The minimum atomic E-state index is -3.42. The summed E-state index contributed by atoms with van der Waals surface area (Å²) < 4.78 is 25.2. The van der Waals surface area contributed by atoms with Gasteiger partial charge in [0, 0.05) is 6.04 Å². The monoisotopic (exact) mass is 337 g/mol. The molecule has 1 saturated carbocycles. The molecule has 0 aliphatic heterocycles. The van der Waals surface area contributed by atoms with Crippen molar-refractivity contribution in [1.29, 1.82) is 0 Å². The van der Waals surface area contributed by atoms with Crippen molar-refractivity contribution in [3.8, 4) is 0 Å². The van der Waals surface area contributed by atoms with Crippen LogP contribution < -0.4 is 5.43 Å². The Hall–Kier alpha value is -1.73. The van der Waals surface area contributed by atoms with Crippen LogP contribution in [0.3, 0.4) is 0 Å². The lowest BCUT2D eigenvalue weighted by molar-refractivity contribution is -0.121. The van der Waals surface area contributed by atoms with E-state index < -0.39 is 15.9 Å². The largest absolute Gasteiger partial charge is 0.272 e. The number of hydrogen-bond acceptors (Lipinski definition) is 4. The van der Waals surface area contributed by atoms with E-state index in [1.54, 1.807) is 0 Å². The van der Waals surface area contributed by atoms with Gasteiger partial charge in [-0.05, 0) is 18.4 Å². The highest BCUT2D eigenvalue weighted by Crippen LogP contribution is 2.24. The van der Waals surface area contributed by atoms with Gasteiger partial charge in [0.05, 0.1) is 19.0 Å². The molecule has 2 rings (SSSR count). The topological polar surface area (TPSA) is 78.8 Å². The molecule has 0 saturated heterocycles. The van der Waals surface area contributed by atoms with Crippen molar-refractivity contribution in [3.05, 3.63) is 35.9 Å². The van der Waals surface area contributed by atoms with Crippen LogP contribution in [-0.4, -0.2) is 43.7 Å². The first kappa shape index (κ1) is 17.6. The van der Waals surface area contributed by atoms with E-state index in [4.69, 9.17) is 0 Å². The molecule has 0 bridgehead atoms. The molecule has 7 heteroatoms. The van der Waals surface area contributed by atoms with Crippen molar-refractivity contribution in [2.45, 2.75) is 38.1 Å². The van der Waals surface area contributed by atoms with E-state index in [2.05, 4.69) is 10.5 Å². The van der Waals surface area contributed by atoms with Gasteiger partial charge < -0.3 is 0 Å². The lowest BCUT2D eigenvalue weighted by atomic mass is 9.95. The van der Waals surface area contributed by atoms with Crippen LogP contribution in [0.5, 0.6) is 0 Å². The third kappa shape index (κ3) is 5.76. The average Bonchev–Trinajstić information content (AvgIpc) is 2.53. The van der Waals surface area contributed by atoms with Crippen LogP contribution >= 0.6 is 0 Å². The molecule has 0 aromatic heterocycles. The summed E-state index contributed by atoms with van der Waals surface area (Å²) in [5.74, 6) is -0.423. The molecule has 126 valence electrons. The van der Waals surface area contributed by atoms with Crippen molar-refractivity contribution in [2.24, 2.45) is 5.10 Å². The molecule has 1 aromatic carbocycles. The van der Waals surface area contributed by atoms with Gasteiger partial charge in [0.1, 0.15) is 0 Å². The molecule has 1 aliphatic rings. The Labute approximate surface area is 137 Å². The van der Waals surface area contributed by atoms with Gasteiger partial charge in [-0.2, -0.15) is 9.41 Å². The number of hydrogen-bond donors (Lipinski definition) is 1. The normalized spacial score (nSPS) is 16.8. The van der Waals surface area contributed by atoms with Gasteiger partial charge in [-0.25, -0.2) is 13.8 Å². The first-order chi connectivity index (χ1) is 11.0. The van der Waals surface area contributed by atoms with Crippen LogP contribution in [-0.2, 0) is 14.8 Å². The van der Waals surface area contributed by atoms with Crippen LogP contribution in [0.1, 0.15) is 37.7 Å². The van der Waals surface area contributed by atoms with E-state index in [0.29, 0.717) is 0 Å². The molecule has 1 fully saturated rings. The zero-order valence-corrected chi connectivity index (χ0v) is 14.1. The van der Waals surface area contributed by atoms with E-state index in [1.807, 2.05) is 30.3 Å². The summed E-state index contributed by atoms with van der Waals surface area (Å²) in [6.07, 6.45) is 7.45. The third-order valence-electron chi connectivity index (χ3n) is 3.91. The van der Waals surface area contributed by atoms with Crippen LogP contribution in [0, 0.1) is 0 Å². The summed E-state index contributed by atoms with van der Waals surface area (Å²) in [6.45, 7) is -0.185. The highest BCUT2D eigenvalue weighted by molar-refractivity contribution is 7.88. The van der Waals surface area contributed by atoms with Crippen molar-refractivity contribution < 1.29 is 13.2 Å². The molecule has 0 spiro atoms. The number of amides is 1. The second kappa shape index (κ2) is 8.21. The highest BCUT2D eigenvalue weighted by Gasteiger charge is 2.29. The maximum atomic E-state index is 12.0. The quantitative estimate of drug-likeness (QED) is 0.634. The average molecular weight is 337 g/mol. The summed E-state index contributed by atoms with van der Waals surface area (Å²) in [5, 5.41) is 3.88. The second-order valence-electron chi connectivity index (χ2n) is 5.80. The lowest BCUT2D eigenvalue weighted by Crippen LogP contribution is -2.45. The summed E-state index contributed by atoms with van der Waals surface area (Å²) >= 11 is 0. The van der Waals surface area contributed by atoms with E-state index in [9.17, 15) is 13.2 Å². The minimum absolute atomic E-state index is 0.0809. The van der Waals surface area contributed by atoms with Gasteiger partial charge in [-0.1, -0.05) is 49.6 Å². The number of benzene rings is 1. The fourth-order valence-corrected chi connectivity index (χ4v) is 3.89. The van der Waals surface area contributed by atoms with Crippen LogP contribution in [0.4, 0.5) is 0 Å². The number of sulfonamides is 1. The Morgan fingerprint density at radius 1 is 1.26 bits per heavy atom. The Morgan fingerprint density at radius 2 is 1.91 bits per heavy atom. The highest BCUT2D eigenvalue weighted by atomic mass is 32.2. The van der Waals surface area contributed by atoms with Crippen LogP contribution in [0.25, 0.3) is 0 Å². The molecule has 0 unspecified atom stereocenters. The molecule has 1 N–H and O–H groups in total. The smallest absolute Gasteiger partial charge is 0.255 e. The van der Waals surface area contributed by atoms with Crippen molar-refractivity contribution in [1.82, 2.24) is 9.73 Å². The maximum absolute atomic E-state index is 12.0. The predicted octanol–water partition coefficient (Wildman–Crippen LogP) is 1.73. The van der Waals surface area contributed by atoms with Crippen molar-refractivity contribution in [3.63, 3.8) is 0 Å². The lowest BCUT2D eigenvalue weighted by Gasteiger charge is -2.31. The number of nitrogens with one attached hydrogen (secondary N) is 1. The fraction of sp³-hybridized carbons (Fsp3) is 0.500. The molecule has 23 heavy (non-hydrogen) atoms. The van der Waals surface area contributed by atoms with Gasteiger partial charge in [0.15, 0.2) is 0 Å². The fourth-order valence-electron chi connectivity index (χ4n) is 2.78. The van der Waals surface area contributed by atoms with Gasteiger partial charge in [-0.3, -0.25) is 4.79 Å². The predicted molar refractivity (Wildman–Crippen MR) is 90.6 cm³/mol. The molecular weight excluding hydrogens is 314 g/mol. The van der Waals surface area contributed by atoms with Crippen LogP contribution in [0.2, 0.25) is 0 Å². The van der Waals surface area contributed by atoms with Gasteiger partial charge in [-0.15, -0.1) is 0 Å². The number of nitrogens with zero attached hydrogens (tertiary/aromatic N) is 2. The Balaban J connectivity index is 1.93. The Bertz CT molecular complexity index is 638. The van der Waals surface area contributed by atoms with Crippen LogP contribution in [0.15, 0.2) is 35.4 Å². The zero-order valence-electron chi connectivity index (χ0n) is 13.3. The number of carbonyl (C=O) groups excluding carboxylic acids is 1. The molecule has 0 radical (unpaired) electrons. The molecule has 6 nitrogen and oxygen atoms in total. The van der Waals surface area contributed by atoms with E-state index >= 15 is 0 Å². The molecule has 1 amide bonds. The van der Waals surface area contributed by atoms with Gasteiger partial charge >= 0.3 is 0 Å². The second-order valence-corrected chi connectivity index (χ2v) is 7.74. The third-order valence-corrected chi connectivity index (χ3v) is 5.19. The summed E-state index contributed by atoms with van der Waals surface area (Å²) in [6, 6.07) is 9.28. The van der Waals surface area contributed by atoms with Gasteiger partial charge in [0.25, 0.3) is 5.91 Å². The standard InChI is InChI=1S/C16H23N3O3S/c1-23(21,22)19(15-10-6-3-7-11-15)13-16(20)18-17-12-14-8-4-2-5-9-14/h2,4-5,8-9,12,15H,3,6-7,10-11,13H2,1H3,(H,18,20). The molecule has 0 heterocycles. The maximum Gasteiger partial charge on any atom is 0.255 e. The number of hydrazone groups is 1. The number of rotatable bonds is 6. The molecule has 0 atom stereocenters. The summed E-state index contributed by atoms with van der Waals surface area (Å²) in [7, 11) is -3.42. The Kier molecular flexibility index (Phi) is 6.29. The Morgan fingerprint density at radius 3 is 2.52 bits per heavy atom. The summed E-state index contributed by atoms with van der Waals surface area (Å²) in [4.78, 5) is 12.0. The zero-order chi connectivity index (χ0) is 16.7. The van der Waals surface area contributed by atoms with Crippen molar-refractivity contribution in [2.75, 3.05) is 12.8 Å². The first-order valence-electron chi connectivity index (χ1n) is 7.80. The van der Waals surface area contributed by atoms with E-state index in [-0.39, 0.29) is 12.6 Å². The SMILES string of the molecule is CS(=O)(=O)N(CC(=O)NN=Cc1ccccc1)C1CCCCC1. The first-order valence-corrected chi connectivity index (χ1v) is 9.65. The molecule has 1 aromatic rings. The van der Waals surface area contributed by atoms with E-state index in [0.717, 1.165) is 43.9 Å². The van der Waals surface area contributed by atoms with E-state index in [1.165, 1.54) is 10.5 Å². The number of carbonyl (C=O) groups is 1. The molecule has 1 aliphatic carbocycles. The molecular formula is C16H23N3O3S. The minimum Gasteiger partial charge on any atom is -0.272 e. The van der Waals surface area contributed by atoms with Gasteiger partial charge in [0.2, 0.25) is 10.0 Å². The van der Waals surface area contributed by atoms with Crippen molar-refractivity contribution >= 4 is 22.1 Å².